The summed E-state index contributed by atoms with van der Waals surface area (Å²) in [6.07, 6.45) is 0. The molecule has 0 bridgehead atoms. The van der Waals surface area contributed by atoms with Gasteiger partial charge >= 0.3 is 0 Å². The second kappa shape index (κ2) is 17.4. The van der Waals surface area contributed by atoms with Crippen LogP contribution in [-0.2, 0) is 0 Å². The minimum absolute atomic E-state index is 1.07. The fraction of sp³-hybridized carbons (Fsp3) is 0. The van der Waals surface area contributed by atoms with Crippen LogP contribution in [-0.4, -0.2) is 4.57 Å². The van der Waals surface area contributed by atoms with Crippen molar-refractivity contribution in [2.45, 2.75) is 0 Å². The van der Waals surface area contributed by atoms with Crippen LogP contribution in [0.5, 0.6) is 0 Å². The van der Waals surface area contributed by atoms with Crippen LogP contribution >= 0.6 is 0 Å². The lowest BCUT2D eigenvalue weighted by atomic mass is 9.92. The lowest BCUT2D eigenvalue weighted by Gasteiger charge is -2.27. The molecular formula is C68H46N2. The van der Waals surface area contributed by atoms with Crippen molar-refractivity contribution < 1.29 is 0 Å². The first-order chi connectivity index (χ1) is 34.7. The van der Waals surface area contributed by atoms with Crippen molar-refractivity contribution in [1.29, 1.82) is 0 Å². The number of benzene rings is 12. The molecule has 13 aromatic rings. The van der Waals surface area contributed by atoms with E-state index < -0.39 is 0 Å². The van der Waals surface area contributed by atoms with Gasteiger partial charge in [0.25, 0.3) is 0 Å². The van der Waals surface area contributed by atoms with Crippen LogP contribution in [0, 0.1) is 0 Å². The van der Waals surface area contributed by atoms with Crippen molar-refractivity contribution in [3.63, 3.8) is 0 Å². The molecule has 2 heteroatoms. The molecular weight excluding hydrogens is 845 g/mol. The zero-order chi connectivity index (χ0) is 46.4. The SMILES string of the molecule is c1ccc(-c2ccc(N(c3ccc(-c4cc(-c5ccccc5)ccc4-n4c5ccccc5c5c6ccccc6ccc54)cc3)c3cccc(-c4ccc(-c5ccccc5)c5ccccc45)c3)cc2)cc1. The van der Waals surface area contributed by atoms with Crippen molar-refractivity contribution in [3.05, 3.63) is 279 Å². The average Bonchev–Trinajstić information content (AvgIpc) is 3.78. The molecule has 1 heterocycles. The highest BCUT2D eigenvalue weighted by Crippen LogP contribution is 2.44. The van der Waals surface area contributed by atoms with E-state index in [1.807, 2.05) is 0 Å². The highest BCUT2D eigenvalue weighted by molar-refractivity contribution is 6.21. The summed E-state index contributed by atoms with van der Waals surface area (Å²) >= 11 is 0. The van der Waals surface area contributed by atoms with E-state index in [0.29, 0.717) is 0 Å². The molecule has 1 aromatic heterocycles. The Morgan fingerprint density at radius 1 is 0.243 bits per heavy atom. The van der Waals surface area contributed by atoms with E-state index in [9.17, 15) is 0 Å². The highest BCUT2D eigenvalue weighted by Gasteiger charge is 2.20. The van der Waals surface area contributed by atoms with E-state index in [1.54, 1.807) is 0 Å². The van der Waals surface area contributed by atoms with Gasteiger partial charge in [0.15, 0.2) is 0 Å². The minimum atomic E-state index is 1.07. The van der Waals surface area contributed by atoms with Gasteiger partial charge < -0.3 is 9.47 Å². The first-order valence-corrected chi connectivity index (χ1v) is 24.1. The molecule has 12 aromatic carbocycles. The molecule has 0 aliphatic heterocycles. The fourth-order valence-corrected chi connectivity index (χ4v) is 10.7. The topological polar surface area (TPSA) is 8.17 Å². The standard InChI is InChI=1S/C68H46N2/c1-4-17-47(18-5-1)49-31-37-55(38-32-49)69(57-25-16-24-54(45-57)59-42-41-58(50-21-8-3-9-22-50)61-27-12-13-28-62(59)61)56-39-33-52(34-40-56)64-46-53(48-19-6-2-7-20-48)36-43-66(64)70-65-30-15-14-29-63(65)68-60-26-11-10-23-51(60)35-44-67(68)70/h1-46H. The molecule has 0 saturated heterocycles. The molecule has 0 spiro atoms. The van der Waals surface area contributed by atoms with E-state index in [4.69, 9.17) is 0 Å². The third-order valence-corrected chi connectivity index (χ3v) is 14.0. The Labute approximate surface area is 408 Å². The van der Waals surface area contributed by atoms with Gasteiger partial charge in [-0.1, -0.05) is 218 Å². The fourth-order valence-electron chi connectivity index (χ4n) is 10.7. The van der Waals surface area contributed by atoms with Crippen LogP contribution in [0.1, 0.15) is 0 Å². The van der Waals surface area contributed by atoms with Gasteiger partial charge in [0.2, 0.25) is 0 Å². The molecule has 0 atom stereocenters. The van der Waals surface area contributed by atoms with Crippen molar-refractivity contribution in [1.82, 2.24) is 4.57 Å². The van der Waals surface area contributed by atoms with Crippen molar-refractivity contribution in [2.75, 3.05) is 4.90 Å². The Morgan fingerprint density at radius 3 is 1.40 bits per heavy atom. The van der Waals surface area contributed by atoms with Crippen LogP contribution in [0.15, 0.2) is 279 Å². The Kier molecular flexibility index (Phi) is 10.2. The number of rotatable bonds is 9. The molecule has 0 saturated carbocycles. The lowest BCUT2D eigenvalue weighted by Crippen LogP contribution is -2.10. The van der Waals surface area contributed by atoms with Gasteiger partial charge in [-0.15, -0.1) is 0 Å². The zero-order valence-corrected chi connectivity index (χ0v) is 38.5. The number of aromatic nitrogens is 1. The lowest BCUT2D eigenvalue weighted by molar-refractivity contribution is 1.18. The maximum Gasteiger partial charge on any atom is 0.0547 e. The van der Waals surface area contributed by atoms with E-state index in [1.165, 1.54) is 82.3 Å². The molecule has 0 aliphatic rings. The average molecular weight is 891 g/mol. The quantitative estimate of drug-likeness (QED) is 0.140. The Hall–Kier alpha value is -9.24. The minimum Gasteiger partial charge on any atom is -0.310 e. The molecule has 328 valence electrons. The maximum absolute atomic E-state index is 2.47. The van der Waals surface area contributed by atoms with Gasteiger partial charge in [-0.2, -0.15) is 0 Å². The van der Waals surface area contributed by atoms with Gasteiger partial charge in [0, 0.05) is 33.4 Å². The molecule has 2 nitrogen and oxygen atoms in total. The Balaban J connectivity index is 0.967. The monoisotopic (exact) mass is 890 g/mol. The number of anilines is 3. The van der Waals surface area contributed by atoms with Crippen LogP contribution in [0.2, 0.25) is 0 Å². The second-order valence-electron chi connectivity index (χ2n) is 18.0. The van der Waals surface area contributed by atoms with E-state index >= 15 is 0 Å². The van der Waals surface area contributed by atoms with Crippen LogP contribution < -0.4 is 4.90 Å². The first-order valence-electron chi connectivity index (χ1n) is 24.1. The normalized spacial score (nSPS) is 11.4. The summed E-state index contributed by atoms with van der Waals surface area (Å²) in [7, 11) is 0. The molecule has 0 aliphatic carbocycles. The Bertz CT molecular complexity index is 4020. The number of fused-ring (bicyclic) bond motifs is 6. The summed E-state index contributed by atoms with van der Waals surface area (Å²) in [5, 5.41) is 7.50. The summed E-state index contributed by atoms with van der Waals surface area (Å²) in [5.41, 5.74) is 18.6. The second-order valence-corrected chi connectivity index (χ2v) is 18.0. The summed E-state index contributed by atoms with van der Waals surface area (Å²) in [4.78, 5) is 2.39. The summed E-state index contributed by atoms with van der Waals surface area (Å²) in [6, 6.07) is 102. The zero-order valence-electron chi connectivity index (χ0n) is 38.5. The van der Waals surface area contributed by atoms with Gasteiger partial charge in [0.05, 0.1) is 16.7 Å². The highest BCUT2D eigenvalue weighted by atomic mass is 15.1. The molecule has 0 fully saturated rings. The Morgan fingerprint density at radius 2 is 0.729 bits per heavy atom. The third-order valence-electron chi connectivity index (χ3n) is 14.0. The summed E-state index contributed by atoms with van der Waals surface area (Å²) < 4.78 is 2.47. The van der Waals surface area contributed by atoms with Crippen LogP contribution in [0.4, 0.5) is 17.1 Å². The molecule has 0 N–H and O–H groups in total. The number of hydrogen-bond donors (Lipinski definition) is 0. The smallest absolute Gasteiger partial charge is 0.0547 e. The molecule has 0 radical (unpaired) electrons. The van der Waals surface area contributed by atoms with Crippen molar-refractivity contribution in [3.8, 4) is 61.3 Å². The van der Waals surface area contributed by atoms with Gasteiger partial charge in [0.1, 0.15) is 0 Å². The van der Waals surface area contributed by atoms with E-state index in [2.05, 4.69) is 289 Å². The van der Waals surface area contributed by atoms with E-state index in [-0.39, 0.29) is 0 Å². The summed E-state index contributed by atoms with van der Waals surface area (Å²) in [6.45, 7) is 0. The van der Waals surface area contributed by atoms with Crippen LogP contribution in [0.25, 0.3) is 105 Å². The van der Waals surface area contributed by atoms with Crippen molar-refractivity contribution in [2.24, 2.45) is 0 Å². The third kappa shape index (κ3) is 7.22. The molecule has 70 heavy (non-hydrogen) atoms. The first kappa shape index (κ1) is 41.0. The number of hydrogen-bond acceptors (Lipinski definition) is 1. The largest absolute Gasteiger partial charge is 0.310 e. The predicted octanol–water partition coefficient (Wildman–Crippen LogP) is 18.9. The molecule has 0 amide bonds. The van der Waals surface area contributed by atoms with Crippen molar-refractivity contribution >= 4 is 60.4 Å². The summed E-state index contributed by atoms with van der Waals surface area (Å²) in [5.74, 6) is 0. The van der Waals surface area contributed by atoms with Gasteiger partial charge in [-0.25, -0.2) is 0 Å². The van der Waals surface area contributed by atoms with Crippen LogP contribution in [0.3, 0.4) is 0 Å². The van der Waals surface area contributed by atoms with Gasteiger partial charge in [-0.3, -0.25) is 0 Å². The molecule has 13 rings (SSSR count). The van der Waals surface area contributed by atoms with E-state index in [0.717, 1.165) is 39.4 Å². The number of nitrogens with zero attached hydrogens (tertiary/aromatic N) is 2. The molecule has 0 unspecified atom stereocenters. The number of para-hydroxylation sites is 1. The predicted molar refractivity (Wildman–Crippen MR) is 298 cm³/mol. The maximum atomic E-state index is 2.47. The van der Waals surface area contributed by atoms with Gasteiger partial charge in [-0.05, 0) is 132 Å².